The van der Waals surface area contributed by atoms with Crippen molar-refractivity contribution in [2.45, 2.75) is 24.4 Å². The normalized spacial score (nSPS) is 27.3. The Morgan fingerprint density at radius 1 is 1.48 bits per heavy atom. The zero-order valence-corrected chi connectivity index (χ0v) is 12.8. The molecular formula is C15H12BrFN2O2. The first-order valence-electron chi connectivity index (χ1n) is 6.68. The minimum absolute atomic E-state index is 0.0162. The van der Waals surface area contributed by atoms with Crippen LogP contribution in [0.1, 0.15) is 18.4 Å². The number of aliphatic hydroxyl groups is 1. The molecule has 1 fully saturated rings. The summed E-state index contributed by atoms with van der Waals surface area (Å²) in [4.78, 5) is 18.5. The molecule has 4 rings (SSSR count). The summed E-state index contributed by atoms with van der Waals surface area (Å²) >= 11 is 3.19. The third-order valence-corrected chi connectivity index (χ3v) is 5.22. The summed E-state index contributed by atoms with van der Waals surface area (Å²) in [7, 11) is 1.71. The molecule has 108 valence electrons. The number of benzene rings is 1. The van der Waals surface area contributed by atoms with Gasteiger partial charge in [-0.1, -0.05) is 0 Å². The fraction of sp³-hybridized carbons (Fsp3) is 0.333. The molecule has 21 heavy (non-hydrogen) atoms. The number of nitrogens with zero attached hydrogens (tertiary/aromatic N) is 2. The van der Waals surface area contributed by atoms with Crippen LogP contribution < -0.4 is 4.90 Å². The number of aliphatic hydroxyl groups excluding tert-OH is 1. The fourth-order valence-electron chi connectivity index (χ4n) is 3.59. The van der Waals surface area contributed by atoms with Gasteiger partial charge in [-0.2, -0.15) is 0 Å². The summed E-state index contributed by atoms with van der Waals surface area (Å²) in [5.74, 6) is -0.395. The lowest BCUT2D eigenvalue weighted by Crippen LogP contribution is -2.51. The van der Waals surface area contributed by atoms with Crippen LogP contribution in [0.4, 0.5) is 10.1 Å². The van der Waals surface area contributed by atoms with E-state index < -0.39 is 11.5 Å². The highest BCUT2D eigenvalue weighted by Crippen LogP contribution is 2.55. The zero-order valence-electron chi connectivity index (χ0n) is 11.2. The molecule has 1 aromatic heterocycles. The molecule has 2 aromatic rings. The summed E-state index contributed by atoms with van der Waals surface area (Å²) < 4.78 is 14.0. The Bertz CT molecular complexity index is 802. The number of likely N-dealkylation sites (N-methyl/N-ethyl adjacent to an activating group) is 1. The molecule has 0 bridgehead atoms. The first-order valence-corrected chi connectivity index (χ1v) is 7.48. The number of fused-ring (bicyclic) bond motifs is 4. The van der Waals surface area contributed by atoms with Crippen molar-refractivity contribution < 1.29 is 14.3 Å². The first-order chi connectivity index (χ1) is 9.94. The number of hydrogen-bond acceptors (Lipinski definition) is 3. The molecular weight excluding hydrogens is 339 g/mol. The maximum Gasteiger partial charge on any atom is 0.237 e. The van der Waals surface area contributed by atoms with Gasteiger partial charge in [0.15, 0.2) is 0 Å². The number of aromatic nitrogens is 1. The molecule has 1 aliphatic carbocycles. The molecule has 2 aliphatic rings. The number of anilines is 1. The molecule has 4 nitrogen and oxygen atoms in total. The highest BCUT2D eigenvalue weighted by molar-refractivity contribution is 9.10. The van der Waals surface area contributed by atoms with Gasteiger partial charge in [-0.15, -0.1) is 0 Å². The smallest absolute Gasteiger partial charge is 0.237 e. The van der Waals surface area contributed by atoms with Crippen molar-refractivity contribution in [2.24, 2.45) is 0 Å². The van der Waals surface area contributed by atoms with Gasteiger partial charge in [0.05, 0.1) is 33.4 Å². The van der Waals surface area contributed by atoms with Crippen molar-refractivity contribution >= 4 is 38.4 Å². The van der Waals surface area contributed by atoms with Crippen LogP contribution in [0.5, 0.6) is 0 Å². The van der Waals surface area contributed by atoms with Gasteiger partial charge in [0.25, 0.3) is 0 Å². The van der Waals surface area contributed by atoms with Gasteiger partial charge in [0.1, 0.15) is 5.82 Å². The van der Waals surface area contributed by atoms with Crippen molar-refractivity contribution in [3.05, 3.63) is 34.2 Å². The van der Waals surface area contributed by atoms with Crippen molar-refractivity contribution in [3.63, 3.8) is 0 Å². The minimum Gasteiger partial charge on any atom is -0.393 e. The summed E-state index contributed by atoms with van der Waals surface area (Å²) in [6.45, 7) is 0. The third kappa shape index (κ3) is 1.52. The van der Waals surface area contributed by atoms with E-state index >= 15 is 0 Å². The largest absolute Gasteiger partial charge is 0.393 e. The van der Waals surface area contributed by atoms with Crippen molar-refractivity contribution in [1.82, 2.24) is 4.98 Å². The van der Waals surface area contributed by atoms with E-state index in [0.717, 1.165) is 16.6 Å². The SMILES string of the molecule is CN1c2cnc3cc(F)c(Br)cc3c2[C@]2(C[C@@H](O)C2)C1=O. The zero-order chi connectivity index (χ0) is 14.9. The number of halogens is 2. The Morgan fingerprint density at radius 2 is 2.19 bits per heavy atom. The summed E-state index contributed by atoms with van der Waals surface area (Å²) in [6.07, 6.45) is 1.98. The second-order valence-electron chi connectivity index (χ2n) is 5.81. The molecule has 6 heteroatoms. The van der Waals surface area contributed by atoms with Crippen LogP contribution >= 0.6 is 15.9 Å². The second-order valence-corrected chi connectivity index (χ2v) is 6.66. The van der Waals surface area contributed by atoms with E-state index in [9.17, 15) is 14.3 Å². The van der Waals surface area contributed by atoms with Crippen LogP contribution in [0, 0.1) is 5.82 Å². The molecule has 0 atom stereocenters. The molecule has 0 saturated heterocycles. The number of pyridine rings is 1. The lowest BCUT2D eigenvalue weighted by molar-refractivity contribution is -0.130. The lowest BCUT2D eigenvalue weighted by atomic mass is 9.63. The van der Waals surface area contributed by atoms with Crippen molar-refractivity contribution in [1.29, 1.82) is 0 Å². The van der Waals surface area contributed by atoms with Gasteiger partial charge in [-0.3, -0.25) is 9.78 Å². The van der Waals surface area contributed by atoms with Gasteiger partial charge in [0, 0.05) is 24.1 Å². The molecule has 1 saturated carbocycles. The first kappa shape index (κ1) is 13.2. The molecule has 1 aromatic carbocycles. The standard InChI is InChI=1S/C15H12BrFN2O2/c1-19-12-6-18-11-3-10(17)9(16)2-8(11)13(12)15(14(19)21)4-7(20)5-15/h2-3,6-7,20H,4-5H2,1H3/t7-,15-. The number of hydrogen-bond donors (Lipinski definition) is 1. The third-order valence-electron chi connectivity index (χ3n) is 4.61. The Labute approximate surface area is 128 Å². The highest BCUT2D eigenvalue weighted by Gasteiger charge is 2.58. The van der Waals surface area contributed by atoms with Crippen molar-refractivity contribution in [3.8, 4) is 0 Å². The Balaban J connectivity index is 2.07. The van der Waals surface area contributed by atoms with Gasteiger partial charge >= 0.3 is 0 Å². The molecule has 2 heterocycles. The summed E-state index contributed by atoms with van der Waals surface area (Å²) in [5.41, 5.74) is 1.46. The fourth-order valence-corrected chi connectivity index (χ4v) is 3.94. The second kappa shape index (κ2) is 4.01. The highest BCUT2D eigenvalue weighted by atomic mass is 79.9. The van der Waals surface area contributed by atoms with Crippen LogP contribution in [0.25, 0.3) is 10.9 Å². The average Bonchev–Trinajstić information content (AvgIpc) is 2.63. The molecule has 0 radical (unpaired) electrons. The van der Waals surface area contributed by atoms with Crippen LogP contribution in [-0.2, 0) is 10.2 Å². The lowest BCUT2D eigenvalue weighted by Gasteiger charge is -2.41. The maximum absolute atomic E-state index is 13.7. The van der Waals surface area contributed by atoms with Crippen LogP contribution in [0.15, 0.2) is 22.8 Å². The number of amides is 1. The van der Waals surface area contributed by atoms with E-state index in [2.05, 4.69) is 20.9 Å². The Kier molecular flexibility index (Phi) is 2.52. The van der Waals surface area contributed by atoms with Gasteiger partial charge in [-0.05, 0) is 34.8 Å². The van der Waals surface area contributed by atoms with E-state index in [0.29, 0.717) is 22.8 Å². The van der Waals surface area contributed by atoms with Gasteiger partial charge in [-0.25, -0.2) is 4.39 Å². The predicted octanol–water partition coefficient (Wildman–Crippen LogP) is 2.51. The van der Waals surface area contributed by atoms with Gasteiger partial charge in [0.2, 0.25) is 5.91 Å². The molecule has 1 aliphatic heterocycles. The quantitative estimate of drug-likeness (QED) is 0.794. The molecule has 0 unspecified atom stereocenters. The van der Waals surface area contributed by atoms with Crippen LogP contribution in [0.3, 0.4) is 0 Å². The van der Waals surface area contributed by atoms with E-state index in [-0.39, 0.29) is 11.7 Å². The number of carbonyl (C=O) groups excluding carboxylic acids is 1. The maximum atomic E-state index is 13.7. The number of rotatable bonds is 0. The Hall–Kier alpha value is -1.53. The van der Waals surface area contributed by atoms with E-state index in [1.807, 2.05) is 0 Å². The van der Waals surface area contributed by atoms with Gasteiger partial charge < -0.3 is 10.0 Å². The number of carbonyl (C=O) groups is 1. The topological polar surface area (TPSA) is 53.4 Å². The Morgan fingerprint density at radius 3 is 2.86 bits per heavy atom. The molecule has 1 N–H and O–H groups in total. The van der Waals surface area contributed by atoms with Crippen LogP contribution in [0.2, 0.25) is 0 Å². The van der Waals surface area contributed by atoms with Crippen molar-refractivity contribution in [2.75, 3.05) is 11.9 Å². The minimum atomic E-state index is -0.679. The summed E-state index contributed by atoms with van der Waals surface area (Å²) in [5, 5.41) is 10.5. The average molecular weight is 351 g/mol. The molecule has 1 spiro atoms. The molecule has 1 amide bonds. The van der Waals surface area contributed by atoms with E-state index in [4.69, 9.17) is 0 Å². The van der Waals surface area contributed by atoms with E-state index in [1.165, 1.54) is 6.07 Å². The van der Waals surface area contributed by atoms with Crippen LogP contribution in [-0.4, -0.2) is 29.1 Å². The predicted molar refractivity (Wildman–Crippen MR) is 79.7 cm³/mol. The monoisotopic (exact) mass is 350 g/mol. The summed E-state index contributed by atoms with van der Waals surface area (Å²) in [6, 6.07) is 3.04. The van der Waals surface area contributed by atoms with E-state index in [1.54, 1.807) is 24.2 Å².